The number of imidazole rings is 1. The molecule has 2 aromatic heterocycles. The molecule has 142 valence electrons. The summed E-state index contributed by atoms with van der Waals surface area (Å²) in [6, 6.07) is 10.9. The predicted octanol–water partition coefficient (Wildman–Crippen LogP) is 1.81. The molecule has 0 radical (unpaired) electrons. The molecule has 1 aromatic carbocycles. The zero-order valence-corrected chi connectivity index (χ0v) is 16.1. The number of nitrogens with one attached hydrogen (secondary N) is 2. The van der Waals surface area contributed by atoms with Crippen molar-refractivity contribution in [3.05, 3.63) is 66.0 Å². The molecule has 0 aliphatic carbocycles. The normalized spacial score (nSPS) is 11.5. The van der Waals surface area contributed by atoms with E-state index in [1.165, 1.54) is 6.33 Å². The summed E-state index contributed by atoms with van der Waals surface area (Å²) in [5, 5.41) is 3.11. The first kappa shape index (κ1) is 19.0. The van der Waals surface area contributed by atoms with Crippen LogP contribution in [0.2, 0.25) is 0 Å². The van der Waals surface area contributed by atoms with Crippen LogP contribution in [0.5, 0.6) is 0 Å². The summed E-state index contributed by atoms with van der Waals surface area (Å²) in [5.41, 5.74) is 2.70. The maximum absolute atomic E-state index is 12.1. The van der Waals surface area contributed by atoms with Crippen LogP contribution in [0.25, 0.3) is 5.82 Å². The van der Waals surface area contributed by atoms with E-state index in [2.05, 4.69) is 25.0 Å². The van der Waals surface area contributed by atoms with Gasteiger partial charge in [-0.15, -0.1) is 0 Å². The fourth-order valence-corrected chi connectivity index (χ4v) is 3.69. The molecular formula is C18H22N6O2S. The van der Waals surface area contributed by atoms with E-state index in [0.717, 1.165) is 17.0 Å². The number of rotatable bonds is 8. The second-order valence-corrected chi connectivity index (χ2v) is 7.92. The SMILES string of the molecule is Cc1ncn(-c2cc(NCCNS(=O)(=O)Cc3ccccc3)ncn2)c1C. The molecule has 0 atom stereocenters. The number of sulfonamides is 1. The quantitative estimate of drug-likeness (QED) is 0.573. The maximum atomic E-state index is 12.1. The van der Waals surface area contributed by atoms with Crippen molar-refractivity contribution in [2.75, 3.05) is 18.4 Å². The van der Waals surface area contributed by atoms with Gasteiger partial charge in [0.25, 0.3) is 0 Å². The van der Waals surface area contributed by atoms with Gasteiger partial charge in [0.05, 0.1) is 11.4 Å². The summed E-state index contributed by atoms with van der Waals surface area (Å²) in [7, 11) is -3.38. The summed E-state index contributed by atoms with van der Waals surface area (Å²) in [4.78, 5) is 12.7. The van der Waals surface area contributed by atoms with Crippen molar-refractivity contribution < 1.29 is 8.42 Å². The van der Waals surface area contributed by atoms with Crippen molar-refractivity contribution >= 4 is 15.8 Å². The van der Waals surface area contributed by atoms with Gasteiger partial charge in [-0.1, -0.05) is 30.3 Å². The third-order valence-electron chi connectivity index (χ3n) is 4.10. The molecule has 0 spiro atoms. The second kappa shape index (κ2) is 8.28. The Morgan fingerprint density at radius 3 is 2.52 bits per heavy atom. The zero-order valence-electron chi connectivity index (χ0n) is 15.3. The highest BCUT2D eigenvalue weighted by atomic mass is 32.2. The zero-order chi connectivity index (χ0) is 19.3. The highest BCUT2D eigenvalue weighted by molar-refractivity contribution is 7.88. The second-order valence-electron chi connectivity index (χ2n) is 6.11. The van der Waals surface area contributed by atoms with Crippen molar-refractivity contribution in [3.8, 4) is 5.82 Å². The minimum absolute atomic E-state index is 0.0370. The molecule has 0 saturated heterocycles. The number of aromatic nitrogens is 4. The average Bonchev–Trinajstić information content (AvgIpc) is 2.98. The Hall–Kier alpha value is -2.78. The minimum atomic E-state index is -3.38. The van der Waals surface area contributed by atoms with Gasteiger partial charge in [0.1, 0.15) is 24.3 Å². The summed E-state index contributed by atoms with van der Waals surface area (Å²) in [6.45, 7) is 4.58. The number of aryl methyl sites for hydroxylation is 1. The van der Waals surface area contributed by atoms with Gasteiger partial charge in [-0.05, 0) is 19.4 Å². The van der Waals surface area contributed by atoms with Gasteiger partial charge in [0, 0.05) is 24.8 Å². The van der Waals surface area contributed by atoms with Crippen LogP contribution < -0.4 is 10.0 Å². The average molecular weight is 386 g/mol. The molecule has 3 rings (SSSR count). The van der Waals surface area contributed by atoms with Gasteiger partial charge < -0.3 is 5.32 Å². The van der Waals surface area contributed by atoms with Crippen LogP contribution >= 0.6 is 0 Å². The van der Waals surface area contributed by atoms with Crippen molar-refractivity contribution in [3.63, 3.8) is 0 Å². The van der Waals surface area contributed by atoms with Gasteiger partial charge in [-0.3, -0.25) is 4.57 Å². The smallest absolute Gasteiger partial charge is 0.215 e. The maximum Gasteiger partial charge on any atom is 0.215 e. The third kappa shape index (κ3) is 5.11. The molecular weight excluding hydrogens is 364 g/mol. The summed E-state index contributed by atoms with van der Waals surface area (Å²) in [5.74, 6) is 1.29. The van der Waals surface area contributed by atoms with Gasteiger partial charge in [0.2, 0.25) is 10.0 Å². The molecule has 2 N–H and O–H groups in total. The Kier molecular flexibility index (Phi) is 5.82. The summed E-state index contributed by atoms with van der Waals surface area (Å²) in [6.07, 6.45) is 3.18. The number of nitrogens with zero attached hydrogens (tertiary/aromatic N) is 4. The number of benzene rings is 1. The Balaban J connectivity index is 1.53. The molecule has 0 aliphatic heterocycles. The van der Waals surface area contributed by atoms with E-state index in [1.807, 2.05) is 36.6 Å². The molecule has 0 fully saturated rings. The highest BCUT2D eigenvalue weighted by Gasteiger charge is 2.11. The van der Waals surface area contributed by atoms with Crippen LogP contribution in [0.15, 0.2) is 49.1 Å². The topological polar surface area (TPSA) is 102 Å². The fraction of sp³-hybridized carbons (Fsp3) is 0.278. The molecule has 0 amide bonds. The van der Waals surface area contributed by atoms with Crippen LogP contribution in [0, 0.1) is 13.8 Å². The largest absolute Gasteiger partial charge is 0.369 e. The van der Waals surface area contributed by atoms with Crippen molar-refractivity contribution in [2.45, 2.75) is 19.6 Å². The molecule has 9 heteroatoms. The van der Waals surface area contributed by atoms with Gasteiger partial charge in [0.15, 0.2) is 0 Å². The van der Waals surface area contributed by atoms with E-state index in [9.17, 15) is 8.42 Å². The summed E-state index contributed by atoms with van der Waals surface area (Å²) < 4.78 is 28.7. The lowest BCUT2D eigenvalue weighted by Crippen LogP contribution is -2.30. The lowest BCUT2D eigenvalue weighted by atomic mass is 10.2. The van der Waals surface area contributed by atoms with Crippen LogP contribution in [0.1, 0.15) is 17.0 Å². The lowest BCUT2D eigenvalue weighted by molar-refractivity contribution is 0.582. The molecule has 0 bridgehead atoms. The Morgan fingerprint density at radius 1 is 1.04 bits per heavy atom. The molecule has 0 aliphatic rings. The molecule has 8 nitrogen and oxygen atoms in total. The van der Waals surface area contributed by atoms with Crippen molar-refractivity contribution in [2.24, 2.45) is 0 Å². The first-order valence-corrected chi connectivity index (χ1v) is 10.2. The third-order valence-corrected chi connectivity index (χ3v) is 5.46. The first-order valence-electron chi connectivity index (χ1n) is 8.53. The van der Waals surface area contributed by atoms with Gasteiger partial charge in [-0.2, -0.15) is 0 Å². The van der Waals surface area contributed by atoms with E-state index in [1.54, 1.807) is 24.5 Å². The van der Waals surface area contributed by atoms with Gasteiger partial charge in [-0.25, -0.2) is 28.1 Å². The van der Waals surface area contributed by atoms with Crippen molar-refractivity contribution in [1.29, 1.82) is 0 Å². The Bertz CT molecular complexity index is 1000. The number of anilines is 1. The van der Waals surface area contributed by atoms with Crippen molar-refractivity contribution in [1.82, 2.24) is 24.2 Å². The first-order chi connectivity index (χ1) is 12.9. The van der Waals surface area contributed by atoms with E-state index < -0.39 is 10.0 Å². The standard InChI is InChI=1S/C18H22N6O2S/c1-14-15(2)24(13-22-14)18-10-17(20-12-21-18)19-8-9-23-27(25,26)11-16-6-4-3-5-7-16/h3-7,10,12-13,23H,8-9,11H2,1-2H3,(H,19,20,21). The fourth-order valence-electron chi connectivity index (χ4n) is 2.55. The van der Waals surface area contributed by atoms with E-state index in [0.29, 0.717) is 18.2 Å². The van der Waals surface area contributed by atoms with Crippen LogP contribution in [0.4, 0.5) is 5.82 Å². The monoisotopic (exact) mass is 386 g/mol. The van der Waals surface area contributed by atoms with E-state index in [-0.39, 0.29) is 12.3 Å². The molecule has 2 heterocycles. The van der Waals surface area contributed by atoms with E-state index >= 15 is 0 Å². The Labute approximate surface area is 158 Å². The molecule has 0 saturated carbocycles. The molecule has 3 aromatic rings. The number of hydrogen-bond acceptors (Lipinski definition) is 6. The molecule has 0 unspecified atom stereocenters. The van der Waals surface area contributed by atoms with Gasteiger partial charge >= 0.3 is 0 Å². The van der Waals surface area contributed by atoms with Crippen LogP contribution in [0.3, 0.4) is 0 Å². The van der Waals surface area contributed by atoms with Crippen LogP contribution in [-0.2, 0) is 15.8 Å². The lowest BCUT2D eigenvalue weighted by Gasteiger charge is -2.10. The van der Waals surface area contributed by atoms with E-state index in [4.69, 9.17) is 0 Å². The number of hydrogen-bond donors (Lipinski definition) is 2. The van der Waals surface area contributed by atoms with Crippen LogP contribution in [-0.4, -0.2) is 41.0 Å². The molecule has 27 heavy (non-hydrogen) atoms. The predicted molar refractivity (Wildman–Crippen MR) is 104 cm³/mol. The Morgan fingerprint density at radius 2 is 1.81 bits per heavy atom. The highest BCUT2D eigenvalue weighted by Crippen LogP contribution is 2.13. The summed E-state index contributed by atoms with van der Waals surface area (Å²) >= 11 is 0. The minimum Gasteiger partial charge on any atom is -0.369 e.